The van der Waals surface area contributed by atoms with Crippen LogP contribution in [0, 0.1) is 48.5 Å². The van der Waals surface area contributed by atoms with E-state index in [1.165, 1.54) is 82.2 Å². The number of carbonyl (C=O) groups is 11. The SMILES string of the molecule is CCCCS.COCCNC(=O)CCC(=O)O.CSCc1ccc(C)cc1.Cc1ccc(C(=O)O)cc1.Cc1ccc(CNC(=O)CCC(=O)O)cc1.Cc1ccc(CNCCN)cc1.Cc1ccc(CNCCNCCN)cc1.Cc1ccc(CS)cc1.Cc1ccc(S(=O)(=O)O)cc1.O=C(O)CCC(=O)CCCOCCCC(=O)CCC(=O)O.O=C(O)COCCOCC(=O)O. The number of Topliss-reactive ketones (excluding diaryl/α,β-unsaturated/α-hetero) is 2. The number of carboxylic acids is 7. The van der Waals surface area contributed by atoms with Crippen molar-refractivity contribution in [1.82, 2.24) is 26.6 Å². The number of amides is 2. The highest BCUT2D eigenvalue weighted by Gasteiger charge is 2.11. The molecular weight excluding hydrogens is 1790 g/mol. The van der Waals surface area contributed by atoms with Crippen molar-refractivity contribution < 1.29 is 120 Å². The van der Waals surface area contributed by atoms with Gasteiger partial charge in [-0.3, -0.25) is 42.9 Å². The fraction of sp³-hybridized carbons (Fsp3) is 0.454. The lowest BCUT2D eigenvalue weighted by molar-refractivity contribution is -0.146. The van der Waals surface area contributed by atoms with E-state index in [9.17, 15) is 61.2 Å². The van der Waals surface area contributed by atoms with Crippen LogP contribution in [-0.2, 0) is 108 Å². The molecule has 0 atom stereocenters. The molecule has 0 saturated carbocycles. The molecule has 2 amide bonds. The van der Waals surface area contributed by atoms with E-state index in [0.717, 1.165) is 73.2 Å². The average molecular weight is 1940 g/mol. The number of aromatic carboxylic acids is 1. The normalized spacial score (nSPS) is 9.98. The lowest BCUT2D eigenvalue weighted by Gasteiger charge is -2.06. The third kappa shape index (κ3) is 90.7. The molecule has 0 bridgehead atoms. The molecule has 0 saturated heterocycles. The first-order valence-corrected chi connectivity index (χ1v) is 47.2. The second-order valence-electron chi connectivity index (χ2n) is 29.2. The van der Waals surface area contributed by atoms with E-state index in [1.807, 2.05) is 56.8 Å². The molecule has 0 unspecified atom stereocenters. The van der Waals surface area contributed by atoms with Crippen molar-refractivity contribution >= 4 is 112 Å². The molecule has 0 aliphatic rings. The Bertz CT molecular complexity index is 4300. The number of ketones is 2. The minimum atomic E-state index is -4.02. The number of rotatable bonds is 50. The highest BCUT2D eigenvalue weighted by molar-refractivity contribution is 7.97. The van der Waals surface area contributed by atoms with Crippen LogP contribution in [0.4, 0.5) is 0 Å². The summed E-state index contributed by atoms with van der Waals surface area (Å²) in [4.78, 5) is 115. The Labute approximate surface area is 800 Å². The summed E-state index contributed by atoms with van der Waals surface area (Å²) in [6, 6.07) is 54.8. The molecule has 0 aliphatic heterocycles. The number of nitrogens with one attached hydrogen (secondary N) is 5. The molecule has 0 fully saturated rings. The van der Waals surface area contributed by atoms with Gasteiger partial charge in [-0.2, -0.15) is 45.4 Å². The first kappa shape index (κ1) is 129. The van der Waals surface area contributed by atoms with Gasteiger partial charge in [0.15, 0.2) is 0 Å². The zero-order valence-corrected chi connectivity index (χ0v) is 82.0. The van der Waals surface area contributed by atoms with E-state index in [1.54, 1.807) is 36.4 Å². The van der Waals surface area contributed by atoms with Gasteiger partial charge in [0.2, 0.25) is 11.8 Å². The molecule has 36 heteroatoms. The number of hydrogen-bond acceptors (Lipinski definition) is 25. The smallest absolute Gasteiger partial charge is 0.335 e. The number of ether oxygens (including phenoxy) is 4. The minimum Gasteiger partial charge on any atom is -0.481 e. The summed E-state index contributed by atoms with van der Waals surface area (Å²) in [5.74, 6) is -4.55. The molecule has 7 rings (SSSR count). The zero-order chi connectivity index (χ0) is 101. The molecule has 17 N–H and O–H groups in total. The summed E-state index contributed by atoms with van der Waals surface area (Å²) < 4.78 is 48.6. The molecule has 7 aromatic carbocycles. The Kier molecular flexibility index (Phi) is 84.5. The molecule has 7 aromatic rings. The monoisotopic (exact) mass is 1940 g/mol. The Morgan fingerprint density at radius 2 is 0.699 bits per heavy atom. The van der Waals surface area contributed by atoms with Crippen molar-refractivity contribution in [1.29, 1.82) is 0 Å². The molecular formula is C97H145N7O25S4. The number of unbranched alkanes of at least 4 members (excludes halogenated alkanes) is 1. The second-order valence-corrected chi connectivity index (χ2v) is 32.3. The van der Waals surface area contributed by atoms with Gasteiger partial charge in [-0.1, -0.05) is 198 Å². The van der Waals surface area contributed by atoms with Gasteiger partial charge in [0.05, 0.1) is 56.0 Å². The molecule has 133 heavy (non-hydrogen) atoms. The first-order valence-electron chi connectivity index (χ1n) is 43.2. The lowest BCUT2D eigenvalue weighted by Crippen LogP contribution is -2.30. The zero-order valence-electron chi connectivity index (χ0n) is 78.6. The van der Waals surface area contributed by atoms with E-state index < -0.39 is 65.1 Å². The van der Waals surface area contributed by atoms with Crippen LogP contribution >= 0.6 is 37.0 Å². The van der Waals surface area contributed by atoms with Gasteiger partial charge in [0.1, 0.15) is 24.8 Å². The third-order valence-corrected chi connectivity index (χ3v) is 19.0. The van der Waals surface area contributed by atoms with E-state index in [4.69, 9.17) is 56.5 Å². The highest BCUT2D eigenvalue weighted by Crippen LogP contribution is 2.13. The van der Waals surface area contributed by atoms with Crippen LogP contribution < -0.4 is 38.1 Å². The number of aliphatic carboxylic acids is 6. The Morgan fingerprint density at radius 3 is 1.02 bits per heavy atom. The van der Waals surface area contributed by atoms with Gasteiger partial charge in [0.25, 0.3) is 10.1 Å². The van der Waals surface area contributed by atoms with Gasteiger partial charge in [-0.15, -0.1) is 0 Å². The number of aryl methyl sites for hydroxylation is 7. The maximum atomic E-state index is 11.2. The maximum Gasteiger partial charge on any atom is 0.335 e. The number of carboxylic acid groups (broad SMARTS) is 7. The number of thioether (sulfide) groups is 1. The fourth-order valence-electron chi connectivity index (χ4n) is 9.33. The molecule has 742 valence electrons. The Hall–Kier alpha value is -10.3. The van der Waals surface area contributed by atoms with E-state index in [2.05, 4.69) is 204 Å². The maximum absolute atomic E-state index is 11.2. The number of carbonyl (C=O) groups excluding carboxylic acids is 4. The highest BCUT2D eigenvalue weighted by atomic mass is 32.2. The van der Waals surface area contributed by atoms with Crippen LogP contribution in [-0.4, -0.2) is 225 Å². The summed E-state index contributed by atoms with van der Waals surface area (Å²) in [5.41, 5.74) is 25.9. The molecule has 0 aliphatic carbocycles. The van der Waals surface area contributed by atoms with Crippen LogP contribution in [0.5, 0.6) is 0 Å². The van der Waals surface area contributed by atoms with Gasteiger partial charge in [-0.05, 0) is 132 Å². The summed E-state index contributed by atoms with van der Waals surface area (Å²) in [7, 11) is -2.49. The Morgan fingerprint density at radius 1 is 0.368 bits per heavy atom. The molecule has 0 spiro atoms. The van der Waals surface area contributed by atoms with Gasteiger partial charge in [-0.25, -0.2) is 14.4 Å². The van der Waals surface area contributed by atoms with Gasteiger partial charge in [0, 0.05) is 136 Å². The third-order valence-electron chi connectivity index (χ3n) is 16.8. The number of nitrogens with two attached hydrogens (primary N) is 2. The number of hydrogen-bond donors (Lipinski definition) is 17. The van der Waals surface area contributed by atoms with Crippen LogP contribution in [0.15, 0.2) is 175 Å². The Balaban J connectivity index is -0.000000697. The largest absolute Gasteiger partial charge is 0.481 e. The lowest BCUT2D eigenvalue weighted by atomic mass is 10.1. The molecule has 32 nitrogen and oxygen atoms in total. The van der Waals surface area contributed by atoms with Crippen LogP contribution in [0.1, 0.15) is 174 Å². The van der Waals surface area contributed by atoms with Crippen molar-refractivity contribution in [2.24, 2.45) is 11.5 Å². The molecule has 0 aromatic heterocycles. The average Bonchev–Trinajstić information content (AvgIpc) is 0.859. The van der Waals surface area contributed by atoms with Crippen molar-refractivity contribution in [3.63, 3.8) is 0 Å². The predicted molar refractivity (Wildman–Crippen MR) is 529 cm³/mol. The fourth-order valence-corrected chi connectivity index (χ4v) is 10.9. The number of thiol groups is 2. The van der Waals surface area contributed by atoms with Crippen LogP contribution in [0.25, 0.3) is 0 Å². The quantitative estimate of drug-likeness (QED) is 0.00956. The summed E-state index contributed by atoms with van der Waals surface area (Å²) in [6.07, 6.45) is 5.93. The second kappa shape index (κ2) is 87.1. The summed E-state index contributed by atoms with van der Waals surface area (Å²) in [6.45, 7) is 24.8. The number of benzene rings is 7. The predicted octanol–water partition coefficient (Wildman–Crippen LogP) is 13.3. The van der Waals surface area contributed by atoms with Crippen LogP contribution in [0.2, 0.25) is 0 Å². The summed E-state index contributed by atoms with van der Waals surface area (Å²) >= 11 is 10.0. The topological polar surface area (TPSA) is 533 Å². The molecule has 0 radical (unpaired) electrons. The summed E-state index contributed by atoms with van der Waals surface area (Å²) in [5, 5.41) is 73.2. The van der Waals surface area contributed by atoms with Gasteiger partial charge < -0.3 is 92.7 Å². The minimum absolute atomic E-state index is 0.0268. The van der Waals surface area contributed by atoms with Crippen molar-refractivity contribution in [3.05, 3.63) is 242 Å². The van der Waals surface area contributed by atoms with Crippen molar-refractivity contribution in [2.75, 3.05) is 111 Å². The first-order chi connectivity index (χ1) is 63.2. The number of methoxy groups -OCH3 is 1. The van der Waals surface area contributed by atoms with Crippen molar-refractivity contribution in [3.8, 4) is 0 Å². The standard InChI is InChI=1S/C14H22O7.C12H21N3.C12H15NO3.C10H16N2.C9H12S.C8H8O2.C8H10S.C7H13NO4.C7H8O3S.C6H10O6.C4H10S/c15-11(5-7-13(17)18)3-1-9-21-10-2-4-12(16)6-8-14(19)20;1-11-2-4-12(5-3-11)10-15-9-8-14-7-6-13;1-9-2-4-10(5-3-9)8-13-11(14)6-7-12(15)16;1-9-2-4-10(5-3-9)8-12-7-6-11;1-8-3-5-9(6-4-8)7-10-2;1-6-2-4-7(5-3-6)8(9)10;1-7-2-4-8(6-9)5-3-7;1-12-5-4-8-6(9)2-3-7(10)11;1-6-2-4-7(5-3-6)11(8,9)10;7-5(8)3-11-1-2-12-4-6(9)10;1-2-3-4-5/h1-10H2,(H,17,18)(H,19,20);2-5,14-15H,6-10,13H2,1H3;2-5H,6-8H2,1H3,(H,13,14)(H,15,16);2-5,12H,6-8,11H2,1H3;3-6H,7H2,1-2H3;2-5H,1H3,(H,9,10);2-5,9H,6H2,1H3;2-5H2,1H3,(H,8,9)(H,10,11);2-5H,1H3,(H,8,9,10);1-4H2,(H,7,8)(H,9,10);5H,2-4H2,1H3. The van der Waals surface area contributed by atoms with E-state index in [0.29, 0.717) is 77.2 Å². The van der Waals surface area contributed by atoms with Gasteiger partial charge >= 0.3 is 41.8 Å². The van der Waals surface area contributed by atoms with E-state index >= 15 is 0 Å². The molecule has 0 heterocycles. The van der Waals surface area contributed by atoms with Crippen molar-refractivity contribution in [2.45, 2.75) is 181 Å². The van der Waals surface area contributed by atoms with Crippen LogP contribution in [0.3, 0.4) is 0 Å². The van der Waals surface area contributed by atoms with E-state index in [-0.39, 0.29) is 92.9 Å².